The lowest BCUT2D eigenvalue weighted by atomic mass is 10.1. The molecular formula is C20H12N6O. The quantitative estimate of drug-likeness (QED) is 0.705. The van der Waals surface area contributed by atoms with Gasteiger partial charge in [0.05, 0.1) is 0 Å². The molecular weight excluding hydrogens is 340 g/mol. The highest BCUT2D eigenvalue weighted by atomic mass is 16.5. The summed E-state index contributed by atoms with van der Waals surface area (Å²) in [6.45, 7) is 1.98. The molecule has 0 bridgehead atoms. The molecule has 27 heavy (non-hydrogen) atoms. The number of nitriles is 3. The average Bonchev–Trinajstić information content (AvgIpc) is 3.18. The third-order valence-corrected chi connectivity index (χ3v) is 3.67. The van der Waals surface area contributed by atoms with E-state index in [9.17, 15) is 0 Å². The van der Waals surface area contributed by atoms with E-state index in [1.807, 2.05) is 37.3 Å². The molecule has 0 radical (unpaired) electrons. The largest absolute Gasteiger partial charge is 0.345 e. The Bertz CT molecular complexity index is 1140. The van der Waals surface area contributed by atoms with Crippen molar-refractivity contribution in [3.63, 3.8) is 0 Å². The second-order valence-corrected chi connectivity index (χ2v) is 5.58. The third-order valence-electron chi connectivity index (χ3n) is 3.67. The predicted octanol–water partition coefficient (Wildman–Crippen LogP) is 3.95. The SMILES string of the molecule is Cc1cccc(-c2noc(-c3cccc(NC(C#N)=C(C#N)C#N)c3)n2)c1. The zero-order valence-corrected chi connectivity index (χ0v) is 14.3. The standard InChI is InChI=1S/C20H12N6O/c1-13-4-2-5-14(8-13)19-25-20(27-26-19)15-6-3-7-17(9-15)24-18(12-23)16(10-21)11-22/h2-9,24H,1H3. The molecule has 1 aromatic heterocycles. The van der Waals surface area contributed by atoms with E-state index >= 15 is 0 Å². The van der Waals surface area contributed by atoms with Crippen molar-refractivity contribution < 1.29 is 4.52 Å². The number of allylic oxidation sites excluding steroid dienone is 2. The Hall–Kier alpha value is -4.41. The van der Waals surface area contributed by atoms with Crippen molar-refractivity contribution in [2.45, 2.75) is 6.92 Å². The summed E-state index contributed by atoms with van der Waals surface area (Å²) in [4.78, 5) is 4.41. The van der Waals surface area contributed by atoms with Crippen LogP contribution < -0.4 is 5.32 Å². The van der Waals surface area contributed by atoms with E-state index in [4.69, 9.17) is 20.3 Å². The molecule has 0 saturated heterocycles. The number of rotatable bonds is 4. The van der Waals surface area contributed by atoms with E-state index < -0.39 is 0 Å². The highest BCUT2D eigenvalue weighted by Crippen LogP contribution is 2.25. The molecule has 0 unspecified atom stereocenters. The fraction of sp³-hybridized carbons (Fsp3) is 0.0500. The number of aryl methyl sites for hydroxylation is 1. The Morgan fingerprint density at radius 1 is 0.963 bits per heavy atom. The molecule has 3 rings (SSSR count). The summed E-state index contributed by atoms with van der Waals surface area (Å²) in [5, 5.41) is 33.8. The second-order valence-electron chi connectivity index (χ2n) is 5.58. The molecule has 2 aromatic carbocycles. The van der Waals surface area contributed by atoms with Gasteiger partial charge in [-0.2, -0.15) is 20.8 Å². The lowest BCUT2D eigenvalue weighted by Crippen LogP contribution is -2.00. The van der Waals surface area contributed by atoms with E-state index in [-0.39, 0.29) is 11.3 Å². The summed E-state index contributed by atoms with van der Waals surface area (Å²) >= 11 is 0. The summed E-state index contributed by atoms with van der Waals surface area (Å²) in [7, 11) is 0. The number of aromatic nitrogens is 2. The van der Waals surface area contributed by atoms with Gasteiger partial charge in [-0.25, -0.2) is 0 Å². The van der Waals surface area contributed by atoms with Crippen LogP contribution in [-0.4, -0.2) is 10.1 Å². The summed E-state index contributed by atoms with van der Waals surface area (Å²) in [5.74, 6) is 0.791. The van der Waals surface area contributed by atoms with Crippen LogP contribution in [0.4, 0.5) is 5.69 Å². The fourth-order valence-corrected chi connectivity index (χ4v) is 2.40. The molecule has 0 amide bonds. The number of nitrogens with one attached hydrogen (secondary N) is 1. The zero-order valence-electron chi connectivity index (χ0n) is 14.3. The van der Waals surface area contributed by atoms with E-state index in [1.165, 1.54) is 0 Å². The van der Waals surface area contributed by atoms with Crippen LogP contribution in [0.15, 0.2) is 64.3 Å². The van der Waals surface area contributed by atoms with Crippen molar-refractivity contribution in [3.8, 4) is 41.0 Å². The number of hydrogen-bond donors (Lipinski definition) is 1. The van der Waals surface area contributed by atoms with Crippen LogP contribution in [0.25, 0.3) is 22.8 Å². The summed E-state index contributed by atoms with van der Waals surface area (Å²) in [5.41, 5.74) is 2.68. The van der Waals surface area contributed by atoms with Crippen LogP contribution >= 0.6 is 0 Å². The van der Waals surface area contributed by atoms with Gasteiger partial charge in [-0.1, -0.05) is 35.0 Å². The van der Waals surface area contributed by atoms with Gasteiger partial charge in [-0.05, 0) is 31.2 Å². The Balaban J connectivity index is 1.91. The van der Waals surface area contributed by atoms with Crippen LogP contribution in [0.1, 0.15) is 5.56 Å². The highest BCUT2D eigenvalue weighted by Gasteiger charge is 2.12. The van der Waals surface area contributed by atoms with Gasteiger partial charge in [0.25, 0.3) is 5.89 Å². The maximum Gasteiger partial charge on any atom is 0.258 e. The lowest BCUT2D eigenvalue weighted by Gasteiger charge is -2.05. The smallest absolute Gasteiger partial charge is 0.258 e. The molecule has 7 heteroatoms. The molecule has 0 spiro atoms. The monoisotopic (exact) mass is 352 g/mol. The fourth-order valence-electron chi connectivity index (χ4n) is 2.40. The Morgan fingerprint density at radius 2 is 1.70 bits per heavy atom. The van der Waals surface area contributed by atoms with Crippen molar-refractivity contribution in [1.82, 2.24) is 10.1 Å². The van der Waals surface area contributed by atoms with Gasteiger partial charge in [0, 0.05) is 16.8 Å². The number of anilines is 1. The molecule has 3 aromatic rings. The van der Waals surface area contributed by atoms with Crippen molar-refractivity contribution in [2.75, 3.05) is 5.32 Å². The summed E-state index contributed by atoms with van der Waals surface area (Å²) in [6.07, 6.45) is 0. The van der Waals surface area contributed by atoms with Crippen molar-refractivity contribution >= 4 is 5.69 Å². The van der Waals surface area contributed by atoms with Crippen LogP contribution in [0.5, 0.6) is 0 Å². The van der Waals surface area contributed by atoms with Crippen molar-refractivity contribution in [2.24, 2.45) is 0 Å². The molecule has 0 aliphatic carbocycles. The van der Waals surface area contributed by atoms with Crippen LogP contribution in [0.3, 0.4) is 0 Å². The first kappa shape index (κ1) is 17.4. The molecule has 0 aliphatic heterocycles. The van der Waals surface area contributed by atoms with Gasteiger partial charge in [0.15, 0.2) is 5.57 Å². The van der Waals surface area contributed by atoms with Crippen LogP contribution in [-0.2, 0) is 0 Å². The van der Waals surface area contributed by atoms with E-state index in [0.29, 0.717) is 23.0 Å². The predicted molar refractivity (Wildman–Crippen MR) is 97.4 cm³/mol. The zero-order chi connectivity index (χ0) is 19.2. The van der Waals surface area contributed by atoms with Crippen LogP contribution in [0.2, 0.25) is 0 Å². The van der Waals surface area contributed by atoms with Gasteiger partial charge in [0.2, 0.25) is 5.82 Å². The van der Waals surface area contributed by atoms with Gasteiger partial charge < -0.3 is 9.84 Å². The molecule has 128 valence electrons. The van der Waals surface area contributed by atoms with Gasteiger partial charge in [-0.3, -0.25) is 0 Å². The maximum absolute atomic E-state index is 9.14. The third kappa shape index (κ3) is 3.82. The minimum Gasteiger partial charge on any atom is -0.345 e. The Kier molecular flexibility index (Phi) is 4.93. The summed E-state index contributed by atoms with van der Waals surface area (Å²) in [6, 6.07) is 19.9. The second kappa shape index (κ2) is 7.65. The topological polar surface area (TPSA) is 122 Å². The Labute approximate surface area is 155 Å². The molecule has 0 saturated carbocycles. The lowest BCUT2D eigenvalue weighted by molar-refractivity contribution is 0.432. The average molecular weight is 352 g/mol. The molecule has 0 aliphatic rings. The maximum atomic E-state index is 9.14. The van der Waals surface area contributed by atoms with Gasteiger partial charge in [-0.15, -0.1) is 0 Å². The van der Waals surface area contributed by atoms with E-state index in [2.05, 4.69) is 15.5 Å². The summed E-state index contributed by atoms with van der Waals surface area (Å²) < 4.78 is 5.35. The number of hydrogen-bond acceptors (Lipinski definition) is 7. The normalized spacial score (nSPS) is 9.56. The Morgan fingerprint density at radius 3 is 2.41 bits per heavy atom. The van der Waals surface area contributed by atoms with Gasteiger partial charge >= 0.3 is 0 Å². The van der Waals surface area contributed by atoms with E-state index in [0.717, 1.165) is 11.1 Å². The van der Waals surface area contributed by atoms with Crippen molar-refractivity contribution in [1.29, 1.82) is 15.8 Å². The number of benzene rings is 2. The van der Waals surface area contributed by atoms with Gasteiger partial charge in [0.1, 0.15) is 23.9 Å². The minimum atomic E-state index is -0.289. The number of nitrogens with zero attached hydrogens (tertiary/aromatic N) is 5. The first-order valence-corrected chi connectivity index (χ1v) is 7.87. The molecule has 1 heterocycles. The minimum absolute atomic E-state index is 0.122. The molecule has 1 N–H and O–H groups in total. The van der Waals surface area contributed by atoms with Crippen LogP contribution in [0, 0.1) is 40.9 Å². The molecule has 0 fully saturated rings. The molecule has 7 nitrogen and oxygen atoms in total. The first-order valence-electron chi connectivity index (χ1n) is 7.87. The highest BCUT2D eigenvalue weighted by molar-refractivity contribution is 5.66. The van der Waals surface area contributed by atoms with Crippen molar-refractivity contribution in [3.05, 3.63) is 65.4 Å². The van der Waals surface area contributed by atoms with E-state index in [1.54, 1.807) is 36.4 Å². The molecule has 0 atom stereocenters. The first-order chi connectivity index (χ1) is 13.1.